The smallest absolute Gasteiger partial charge is 0.162 e. The average Bonchev–Trinajstić information content (AvgIpc) is 2.53. The van der Waals surface area contributed by atoms with Gasteiger partial charge in [0.05, 0.1) is 11.3 Å². The van der Waals surface area contributed by atoms with Crippen LogP contribution in [0, 0.1) is 11.3 Å². The van der Waals surface area contributed by atoms with Crippen molar-refractivity contribution in [3.8, 4) is 6.07 Å². The number of benzene rings is 1. The summed E-state index contributed by atoms with van der Waals surface area (Å²) >= 11 is 0. The molecule has 1 aromatic heterocycles. The molecule has 0 unspecified atom stereocenters. The predicted octanol–water partition coefficient (Wildman–Crippen LogP) is 3.92. The Morgan fingerprint density at radius 1 is 1.29 bits per heavy atom. The number of nitrogens with zero attached hydrogens (tertiary/aromatic N) is 2. The molecule has 0 radical (unpaired) electrons. The Morgan fingerprint density at radius 2 is 2.14 bits per heavy atom. The lowest BCUT2D eigenvalue weighted by molar-refractivity contribution is 0.0979. The van der Waals surface area contributed by atoms with Gasteiger partial charge in [-0.15, -0.1) is 0 Å². The summed E-state index contributed by atoms with van der Waals surface area (Å²) in [5, 5.41) is 9.09. The van der Waals surface area contributed by atoms with Gasteiger partial charge in [-0.25, -0.2) is 0 Å². The number of nitriles is 1. The third kappa shape index (κ3) is 4.00. The normalized spacial score (nSPS) is 10.1. The zero-order valence-electron chi connectivity index (χ0n) is 12.2. The molecule has 0 N–H and O–H groups in total. The van der Waals surface area contributed by atoms with E-state index in [2.05, 4.69) is 18.0 Å². The summed E-state index contributed by atoms with van der Waals surface area (Å²) in [6.07, 6.45) is 4.78. The van der Waals surface area contributed by atoms with Gasteiger partial charge in [0.2, 0.25) is 0 Å². The molecule has 0 aliphatic carbocycles. The minimum absolute atomic E-state index is 0.181. The summed E-state index contributed by atoms with van der Waals surface area (Å²) in [6.45, 7) is 2.08. The van der Waals surface area contributed by atoms with Crippen LogP contribution >= 0.6 is 0 Å². The first-order valence-electron chi connectivity index (χ1n) is 7.20. The summed E-state index contributed by atoms with van der Waals surface area (Å²) in [5.41, 5.74) is 3.08. The molecule has 21 heavy (non-hydrogen) atoms. The number of hydrogen-bond acceptors (Lipinski definition) is 3. The lowest BCUT2D eigenvalue weighted by Gasteiger charge is -2.06. The van der Waals surface area contributed by atoms with Crippen LogP contribution in [0.5, 0.6) is 0 Å². The molecular weight excluding hydrogens is 260 g/mol. The monoisotopic (exact) mass is 278 g/mol. The minimum atomic E-state index is 0.181. The first-order valence-corrected chi connectivity index (χ1v) is 7.20. The van der Waals surface area contributed by atoms with Gasteiger partial charge in [-0.05, 0) is 30.2 Å². The first-order chi connectivity index (χ1) is 10.2. The molecule has 0 amide bonds. The van der Waals surface area contributed by atoms with Gasteiger partial charge in [-0.1, -0.05) is 31.5 Å². The SMILES string of the molecule is CCCCC(=O)c1cccc(Cc2ncccc2C#N)c1. The third-order valence-electron chi connectivity index (χ3n) is 3.39. The third-order valence-corrected chi connectivity index (χ3v) is 3.39. The maximum atomic E-state index is 12.1. The number of hydrogen-bond donors (Lipinski definition) is 0. The fraction of sp³-hybridized carbons (Fsp3) is 0.278. The van der Waals surface area contributed by atoms with Gasteiger partial charge < -0.3 is 0 Å². The number of ketones is 1. The van der Waals surface area contributed by atoms with Crippen LogP contribution in [0.1, 0.15) is 53.4 Å². The van der Waals surface area contributed by atoms with Crippen LogP contribution in [0.15, 0.2) is 42.6 Å². The molecule has 106 valence electrons. The van der Waals surface area contributed by atoms with E-state index in [1.165, 1.54) is 0 Å². The highest BCUT2D eigenvalue weighted by Crippen LogP contribution is 2.14. The van der Waals surface area contributed by atoms with Crippen LogP contribution in [0.4, 0.5) is 0 Å². The van der Waals surface area contributed by atoms with Crippen molar-refractivity contribution >= 4 is 5.78 Å². The second kappa shape index (κ2) is 7.35. The summed E-state index contributed by atoms with van der Waals surface area (Å²) < 4.78 is 0. The van der Waals surface area contributed by atoms with E-state index in [0.29, 0.717) is 18.4 Å². The largest absolute Gasteiger partial charge is 0.294 e. The van der Waals surface area contributed by atoms with Gasteiger partial charge in [-0.3, -0.25) is 9.78 Å². The molecule has 0 aliphatic heterocycles. The highest BCUT2D eigenvalue weighted by molar-refractivity contribution is 5.96. The Balaban J connectivity index is 2.18. The fourth-order valence-corrected chi connectivity index (χ4v) is 2.21. The maximum Gasteiger partial charge on any atom is 0.162 e. The lowest BCUT2D eigenvalue weighted by atomic mass is 10.00. The van der Waals surface area contributed by atoms with Crippen molar-refractivity contribution in [3.05, 3.63) is 65.0 Å². The highest BCUT2D eigenvalue weighted by atomic mass is 16.1. The average molecular weight is 278 g/mol. The standard InChI is InChI=1S/C18H18N2O/c1-2-3-9-18(21)15-7-4-6-14(11-15)12-17-16(13-19)8-5-10-20-17/h4-8,10-11H,2-3,9,12H2,1H3. The zero-order valence-corrected chi connectivity index (χ0v) is 12.2. The topological polar surface area (TPSA) is 53.8 Å². The Morgan fingerprint density at radius 3 is 2.90 bits per heavy atom. The Labute approximate surface area is 125 Å². The second-order valence-electron chi connectivity index (χ2n) is 5.01. The molecule has 1 heterocycles. The van der Waals surface area contributed by atoms with Crippen LogP contribution in [-0.2, 0) is 6.42 Å². The van der Waals surface area contributed by atoms with E-state index in [9.17, 15) is 4.79 Å². The van der Waals surface area contributed by atoms with Crippen molar-refractivity contribution in [1.29, 1.82) is 5.26 Å². The van der Waals surface area contributed by atoms with E-state index < -0.39 is 0 Å². The van der Waals surface area contributed by atoms with E-state index in [1.807, 2.05) is 24.3 Å². The number of carbonyl (C=O) groups is 1. The molecule has 0 saturated carbocycles. The lowest BCUT2D eigenvalue weighted by Crippen LogP contribution is -2.01. The molecule has 2 rings (SSSR count). The van der Waals surface area contributed by atoms with Gasteiger partial charge >= 0.3 is 0 Å². The van der Waals surface area contributed by atoms with E-state index in [1.54, 1.807) is 18.3 Å². The van der Waals surface area contributed by atoms with Crippen LogP contribution in [0.2, 0.25) is 0 Å². The molecular formula is C18H18N2O. The Bertz CT molecular complexity index is 671. The van der Waals surface area contributed by atoms with Crippen LogP contribution in [-0.4, -0.2) is 10.8 Å². The van der Waals surface area contributed by atoms with Crippen molar-refractivity contribution in [2.75, 3.05) is 0 Å². The van der Waals surface area contributed by atoms with E-state index in [4.69, 9.17) is 5.26 Å². The number of unbranched alkanes of at least 4 members (excludes halogenated alkanes) is 1. The first kappa shape index (κ1) is 14.9. The van der Waals surface area contributed by atoms with Crippen molar-refractivity contribution in [2.24, 2.45) is 0 Å². The van der Waals surface area contributed by atoms with Crippen molar-refractivity contribution < 1.29 is 4.79 Å². The summed E-state index contributed by atoms with van der Waals surface area (Å²) in [6, 6.07) is 13.3. The molecule has 0 atom stereocenters. The summed E-state index contributed by atoms with van der Waals surface area (Å²) in [4.78, 5) is 16.3. The summed E-state index contributed by atoms with van der Waals surface area (Å²) in [5.74, 6) is 0.181. The van der Waals surface area contributed by atoms with E-state index >= 15 is 0 Å². The predicted molar refractivity (Wildman–Crippen MR) is 82.1 cm³/mol. The van der Waals surface area contributed by atoms with Gasteiger partial charge in [0.1, 0.15) is 6.07 Å². The molecule has 0 bridgehead atoms. The highest BCUT2D eigenvalue weighted by Gasteiger charge is 2.08. The van der Waals surface area contributed by atoms with Gasteiger partial charge in [0.15, 0.2) is 5.78 Å². The number of Topliss-reactive ketones (excluding diaryl/α,β-unsaturated/α-hetero) is 1. The van der Waals surface area contributed by atoms with E-state index in [-0.39, 0.29) is 5.78 Å². The van der Waals surface area contributed by atoms with E-state index in [0.717, 1.165) is 29.7 Å². The molecule has 0 aliphatic rings. The molecule has 3 nitrogen and oxygen atoms in total. The number of pyridine rings is 1. The van der Waals surface area contributed by atoms with Crippen molar-refractivity contribution in [2.45, 2.75) is 32.6 Å². The van der Waals surface area contributed by atoms with Gasteiger partial charge in [-0.2, -0.15) is 5.26 Å². The molecule has 0 saturated heterocycles. The minimum Gasteiger partial charge on any atom is -0.294 e. The van der Waals surface area contributed by atoms with Crippen LogP contribution in [0.3, 0.4) is 0 Å². The number of aromatic nitrogens is 1. The summed E-state index contributed by atoms with van der Waals surface area (Å²) in [7, 11) is 0. The van der Waals surface area contributed by atoms with Crippen molar-refractivity contribution in [3.63, 3.8) is 0 Å². The molecule has 1 aromatic carbocycles. The number of rotatable bonds is 6. The zero-order chi connectivity index (χ0) is 15.1. The Kier molecular flexibility index (Phi) is 5.22. The molecule has 2 aromatic rings. The fourth-order valence-electron chi connectivity index (χ4n) is 2.21. The molecule has 3 heteroatoms. The second-order valence-corrected chi connectivity index (χ2v) is 5.01. The van der Waals surface area contributed by atoms with Crippen molar-refractivity contribution in [1.82, 2.24) is 4.98 Å². The molecule has 0 spiro atoms. The quantitative estimate of drug-likeness (QED) is 0.752. The van der Waals surface area contributed by atoms with Crippen LogP contribution < -0.4 is 0 Å². The van der Waals surface area contributed by atoms with Crippen LogP contribution in [0.25, 0.3) is 0 Å². The van der Waals surface area contributed by atoms with Gasteiger partial charge in [0, 0.05) is 24.6 Å². The molecule has 0 fully saturated rings. The van der Waals surface area contributed by atoms with Gasteiger partial charge in [0.25, 0.3) is 0 Å². The Hall–Kier alpha value is -2.47. The maximum absolute atomic E-state index is 12.1. The number of carbonyl (C=O) groups excluding carboxylic acids is 1.